The molecule has 1 saturated heterocycles. The smallest absolute Gasteiger partial charge is 0.410 e. The van der Waals surface area contributed by atoms with E-state index in [-0.39, 0.29) is 18.6 Å². The second-order valence-electron chi connectivity index (χ2n) is 6.42. The average Bonchev–Trinajstić information content (AvgIpc) is 2.98. The Morgan fingerprint density at radius 3 is 2.61 bits per heavy atom. The van der Waals surface area contributed by atoms with Gasteiger partial charge in [0.15, 0.2) is 0 Å². The third-order valence-corrected chi connectivity index (χ3v) is 3.55. The zero-order chi connectivity index (χ0) is 17.6. The summed E-state index contributed by atoms with van der Waals surface area (Å²) in [6.45, 7) is 10.4. The summed E-state index contributed by atoms with van der Waals surface area (Å²) in [5.41, 5.74) is 0.740. The van der Waals surface area contributed by atoms with Crippen LogP contribution in [0.15, 0.2) is 18.2 Å². The molecule has 0 bridgehead atoms. The highest BCUT2D eigenvalue weighted by Gasteiger charge is 2.30. The maximum Gasteiger partial charge on any atom is 0.410 e. The van der Waals surface area contributed by atoms with E-state index in [2.05, 4.69) is 0 Å². The van der Waals surface area contributed by atoms with E-state index in [1.807, 2.05) is 34.6 Å². The normalized spacial score (nSPS) is 17.5. The Morgan fingerprint density at radius 1 is 1.39 bits per heavy atom. The summed E-state index contributed by atoms with van der Waals surface area (Å²) in [6.07, 6.45) is 0.505. The van der Waals surface area contributed by atoms with E-state index < -0.39 is 11.4 Å². The molecular formula is C18H28FNO3. The number of ether oxygens (including phenoxy) is 1. The van der Waals surface area contributed by atoms with Crippen molar-refractivity contribution in [1.29, 1.82) is 0 Å². The lowest BCUT2D eigenvalue weighted by atomic mass is 9.96. The number of likely N-dealkylation sites (tertiary alicyclic amines) is 1. The molecule has 1 heterocycles. The van der Waals surface area contributed by atoms with Gasteiger partial charge < -0.3 is 14.7 Å². The van der Waals surface area contributed by atoms with Crippen LogP contribution < -0.4 is 0 Å². The number of hydrogen-bond acceptors (Lipinski definition) is 3. The minimum atomic E-state index is -0.505. The molecule has 1 unspecified atom stereocenters. The second kappa shape index (κ2) is 8.29. The Balaban J connectivity index is 0.00000127. The quantitative estimate of drug-likeness (QED) is 0.892. The molecule has 1 fully saturated rings. The minimum Gasteiger partial charge on any atom is -0.444 e. The monoisotopic (exact) mass is 325 g/mol. The maximum atomic E-state index is 13.4. The van der Waals surface area contributed by atoms with E-state index in [0.717, 1.165) is 12.0 Å². The van der Waals surface area contributed by atoms with Crippen molar-refractivity contribution in [2.24, 2.45) is 0 Å². The number of carbonyl (C=O) groups excluding carboxylic acids is 1. The van der Waals surface area contributed by atoms with E-state index in [4.69, 9.17) is 9.84 Å². The van der Waals surface area contributed by atoms with E-state index in [1.54, 1.807) is 17.0 Å². The number of aliphatic hydroxyl groups excluding tert-OH is 1. The molecule has 1 N–H and O–H groups in total. The molecule has 0 spiro atoms. The van der Waals surface area contributed by atoms with Gasteiger partial charge in [0.25, 0.3) is 0 Å². The summed E-state index contributed by atoms with van der Waals surface area (Å²) in [6, 6.07) is 4.77. The van der Waals surface area contributed by atoms with Gasteiger partial charge in [0.2, 0.25) is 0 Å². The number of aliphatic hydroxyl groups is 1. The van der Waals surface area contributed by atoms with Gasteiger partial charge in [-0.05, 0) is 38.8 Å². The summed E-state index contributed by atoms with van der Waals surface area (Å²) >= 11 is 0. The predicted octanol–water partition coefficient (Wildman–Crippen LogP) is 4.07. The molecule has 23 heavy (non-hydrogen) atoms. The summed E-state index contributed by atoms with van der Waals surface area (Å²) in [5.74, 6) is -0.244. The summed E-state index contributed by atoms with van der Waals surface area (Å²) in [4.78, 5) is 13.7. The number of rotatable bonds is 2. The molecule has 5 heteroatoms. The minimum absolute atomic E-state index is 0.156. The van der Waals surface area contributed by atoms with Crippen LogP contribution in [0.1, 0.15) is 58.1 Å². The molecule has 0 radical (unpaired) electrons. The molecule has 0 aromatic heterocycles. The lowest BCUT2D eigenvalue weighted by Crippen LogP contribution is -2.35. The molecule has 1 aromatic carbocycles. The number of carbonyl (C=O) groups is 1. The first-order valence-electron chi connectivity index (χ1n) is 8.17. The first-order valence-corrected chi connectivity index (χ1v) is 8.17. The van der Waals surface area contributed by atoms with Crippen LogP contribution in [-0.4, -0.2) is 34.8 Å². The van der Waals surface area contributed by atoms with E-state index >= 15 is 0 Å². The highest BCUT2D eigenvalue weighted by molar-refractivity contribution is 5.68. The average molecular weight is 325 g/mol. The van der Waals surface area contributed by atoms with Crippen molar-refractivity contribution in [3.05, 3.63) is 35.1 Å². The van der Waals surface area contributed by atoms with Gasteiger partial charge in [-0.1, -0.05) is 26.0 Å². The first-order chi connectivity index (χ1) is 10.8. The van der Waals surface area contributed by atoms with Crippen molar-refractivity contribution in [2.75, 3.05) is 13.1 Å². The fraction of sp³-hybridized carbons (Fsp3) is 0.611. The molecule has 1 aliphatic rings. The van der Waals surface area contributed by atoms with Crippen LogP contribution in [0.2, 0.25) is 0 Å². The van der Waals surface area contributed by atoms with Crippen LogP contribution in [0.25, 0.3) is 0 Å². The lowest BCUT2D eigenvalue weighted by Gasteiger charge is -2.24. The largest absolute Gasteiger partial charge is 0.444 e. The molecule has 0 saturated carbocycles. The summed E-state index contributed by atoms with van der Waals surface area (Å²) < 4.78 is 18.8. The molecule has 1 aliphatic heterocycles. The van der Waals surface area contributed by atoms with E-state index in [9.17, 15) is 9.18 Å². The van der Waals surface area contributed by atoms with E-state index in [1.165, 1.54) is 6.07 Å². The molecule has 2 rings (SSSR count). The van der Waals surface area contributed by atoms with Crippen LogP contribution in [0.4, 0.5) is 9.18 Å². The SMILES string of the molecule is CC.CC(C)(C)OC(=O)N1CCC(c2ccc(F)c(CO)c2)C1. The van der Waals surface area contributed by atoms with Gasteiger partial charge in [-0.3, -0.25) is 0 Å². The molecule has 4 nitrogen and oxygen atoms in total. The van der Waals surface area contributed by atoms with Crippen molar-refractivity contribution in [2.45, 2.75) is 59.2 Å². The van der Waals surface area contributed by atoms with E-state index in [0.29, 0.717) is 18.7 Å². The van der Waals surface area contributed by atoms with Gasteiger partial charge in [-0.2, -0.15) is 0 Å². The number of hydrogen-bond donors (Lipinski definition) is 1. The molecule has 1 aromatic rings. The fourth-order valence-electron chi connectivity index (χ4n) is 2.49. The third-order valence-electron chi connectivity index (χ3n) is 3.55. The molecule has 1 atom stereocenters. The predicted molar refractivity (Wildman–Crippen MR) is 88.8 cm³/mol. The van der Waals surface area contributed by atoms with Gasteiger partial charge in [0.1, 0.15) is 11.4 Å². The number of amides is 1. The number of halogens is 1. The molecule has 130 valence electrons. The zero-order valence-corrected chi connectivity index (χ0v) is 14.7. The highest BCUT2D eigenvalue weighted by atomic mass is 19.1. The van der Waals surface area contributed by atoms with Gasteiger partial charge in [-0.15, -0.1) is 0 Å². The van der Waals surface area contributed by atoms with Gasteiger partial charge in [0, 0.05) is 24.6 Å². The van der Waals surface area contributed by atoms with Gasteiger partial charge >= 0.3 is 6.09 Å². The van der Waals surface area contributed by atoms with Crippen molar-refractivity contribution < 1.29 is 19.0 Å². The maximum absolute atomic E-state index is 13.4. The third kappa shape index (κ3) is 5.50. The fourth-order valence-corrected chi connectivity index (χ4v) is 2.49. The van der Waals surface area contributed by atoms with Crippen LogP contribution >= 0.6 is 0 Å². The zero-order valence-electron chi connectivity index (χ0n) is 14.7. The molecule has 0 aliphatic carbocycles. The Bertz CT molecular complexity index is 525. The number of benzene rings is 1. The first kappa shape index (κ1) is 19.4. The van der Waals surface area contributed by atoms with Crippen LogP contribution in [-0.2, 0) is 11.3 Å². The lowest BCUT2D eigenvalue weighted by molar-refractivity contribution is 0.0292. The summed E-state index contributed by atoms with van der Waals surface area (Å²) in [5, 5.41) is 9.13. The Labute approximate surface area is 138 Å². The van der Waals surface area contributed by atoms with Crippen molar-refractivity contribution >= 4 is 6.09 Å². The van der Waals surface area contributed by atoms with Crippen LogP contribution in [0.5, 0.6) is 0 Å². The Morgan fingerprint density at radius 2 is 2.04 bits per heavy atom. The Kier molecular flexibility index (Phi) is 7.01. The van der Waals surface area contributed by atoms with Gasteiger partial charge in [-0.25, -0.2) is 9.18 Å². The summed E-state index contributed by atoms with van der Waals surface area (Å²) in [7, 11) is 0. The Hall–Kier alpha value is -1.62. The van der Waals surface area contributed by atoms with Crippen molar-refractivity contribution in [3.8, 4) is 0 Å². The molecular weight excluding hydrogens is 297 g/mol. The topological polar surface area (TPSA) is 49.8 Å². The second-order valence-corrected chi connectivity index (χ2v) is 6.42. The number of nitrogens with zero attached hydrogens (tertiary/aromatic N) is 1. The van der Waals surface area contributed by atoms with Crippen molar-refractivity contribution in [1.82, 2.24) is 4.90 Å². The molecule has 1 amide bonds. The van der Waals surface area contributed by atoms with Crippen LogP contribution in [0, 0.1) is 5.82 Å². The van der Waals surface area contributed by atoms with Crippen LogP contribution in [0.3, 0.4) is 0 Å². The van der Waals surface area contributed by atoms with Crippen molar-refractivity contribution in [3.63, 3.8) is 0 Å². The standard InChI is InChI=1S/C16H22FNO3.C2H6/c1-16(2,3)21-15(20)18-7-6-12(9-18)11-4-5-14(17)13(8-11)10-19;1-2/h4-5,8,12,19H,6-7,9-10H2,1-3H3;1-2H3. The highest BCUT2D eigenvalue weighted by Crippen LogP contribution is 2.29. The van der Waals surface area contributed by atoms with Gasteiger partial charge in [0.05, 0.1) is 6.61 Å².